The molecule has 1 N–H and O–H groups in total. The lowest BCUT2D eigenvalue weighted by Crippen LogP contribution is -2.41. The van der Waals surface area contributed by atoms with Gasteiger partial charge in [0.1, 0.15) is 5.54 Å². The maximum Gasteiger partial charge on any atom is 0.325 e. The summed E-state index contributed by atoms with van der Waals surface area (Å²) in [5.41, 5.74) is 0.532. The van der Waals surface area contributed by atoms with Crippen molar-refractivity contribution in [2.75, 3.05) is 13.7 Å². The van der Waals surface area contributed by atoms with Crippen molar-refractivity contribution in [3.8, 4) is 5.75 Å². The van der Waals surface area contributed by atoms with Crippen LogP contribution >= 0.6 is 0 Å². The van der Waals surface area contributed by atoms with Gasteiger partial charge in [0.2, 0.25) is 0 Å². The molecule has 2 aromatic carbocycles. The first kappa shape index (κ1) is 20.5. The molecule has 1 fully saturated rings. The molecule has 1 saturated heterocycles. The number of rotatable bonds is 6. The lowest BCUT2D eigenvalue weighted by Gasteiger charge is -2.22. The minimum atomic E-state index is -1.27. The number of nitrogens with zero attached hydrogens (tertiary/aromatic N) is 1. The summed E-state index contributed by atoms with van der Waals surface area (Å²) in [4.78, 5) is 38.8. The number of urea groups is 1. The maximum absolute atomic E-state index is 13.9. The molecule has 3 rings (SSSR count). The van der Waals surface area contributed by atoms with Gasteiger partial charge in [-0.15, -0.1) is 0 Å². The smallest absolute Gasteiger partial charge is 0.325 e. The summed E-state index contributed by atoms with van der Waals surface area (Å²) in [6, 6.07) is 10.5. The Hall–Kier alpha value is -3.22. The van der Waals surface area contributed by atoms with Crippen molar-refractivity contribution in [3.05, 3.63) is 65.0 Å². The van der Waals surface area contributed by atoms with Crippen LogP contribution in [0.5, 0.6) is 5.75 Å². The van der Waals surface area contributed by atoms with Gasteiger partial charge in [-0.2, -0.15) is 0 Å². The van der Waals surface area contributed by atoms with Crippen LogP contribution in [0.25, 0.3) is 0 Å². The van der Waals surface area contributed by atoms with E-state index in [4.69, 9.17) is 4.74 Å². The second-order valence-corrected chi connectivity index (χ2v) is 7.50. The van der Waals surface area contributed by atoms with Gasteiger partial charge in [-0.05, 0) is 42.2 Å². The fraction of sp³-hybridized carbons (Fsp3) is 0.318. The molecule has 7 heteroatoms. The molecule has 152 valence electrons. The number of Topliss-reactive ketones (excluding diaryl/α,β-unsaturated/α-hetero) is 1. The standard InChI is InChI=1S/C22H23FN2O4/c1-13(2)14-5-8-16(9-6-14)22(3)20(27)25(21(28)24-22)12-18(26)15-7-10-19(29-4)17(23)11-15/h5-11,13H,12H2,1-4H3,(H,24,28)/t22-/m1/s1. The minimum absolute atomic E-state index is 0.00830. The first-order valence-corrected chi connectivity index (χ1v) is 9.28. The van der Waals surface area contributed by atoms with E-state index < -0.39 is 35.6 Å². The number of carbonyl (C=O) groups is 3. The first-order chi connectivity index (χ1) is 13.7. The molecule has 1 aliphatic rings. The van der Waals surface area contributed by atoms with Crippen molar-refractivity contribution in [2.45, 2.75) is 32.2 Å². The van der Waals surface area contributed by atoms with E-state index >= 15 is 0 Å². The van der Waals surface area contributed by atoms with Crippen LogP contribution in [-0.2, 0) is 10.3 Å². The van der Waals surface area contributed by atoms with Crippen molar-refractivity contribution >= 4 is 17.7 Å². The van der Waals surface area contributed by atoms with Crippen molar-refractivity contribution in [1.29, 1.82) is 0 Å². The third-order valence-corrected chi connectivity index (χ3v) is 5.21. The van der Waals surface area contributed by atoms with E-state index in [0.717, 1.165) is 16.5 Å². The van der Waals surface area contributed by atoms with Crippen LogP contribution in [0.4, 0.5) is 9.18 Å². The Labute approximate surface area is 168 Å². The zero-order valence-electron chi connectivity index (χ0n) is 16.8. The molecule has 0 aliphatic carbocycles. The van der Waals surface area contributed by atoms with E-state index in [0.29, 0.717) is 11.5 Å². The summed E-state index contributed by atoms with van der Waals surface area (Å²) in [6.07, 6.45) is 0. The molecule has 0 saturated carbocycles. The fourth-order valence-corrected chi connectivity index (χ4v) is 3.31. The monoisotopic (exact) mass is 398 g/mol. The highest BCUT2D eigenvalue weighted by atomic mass is 19.1. The number of nitrogens with one attached hydrogen (secondary N) is 1. The maximum atomic E-state index is 13.9. The van der Waals surface area contributed by atoms with E-state index in [1.54, 1.807) is 19.1 Å². The molecule has 2 aromatic rings. The second-order valence-electron chi connectivity index (χ2n) is 7.50. The summed E-state index contributed by atoms with van der Waals surface area (Å²) in [5.74, 6) is -1.42. The van der Waals surface area contributed by atoms with Gasteiger partial charge < -0.3 is 10.1 Å². The Balaban J connectivity index is 1.81. The molecule has 0 bridgehead atoms. The number of ether oxygens (including phenoxy) is 1. The molecule has 3 amide bonds. The summed E-state index contributed by atoms with van der Waals surface area (Å²) >= 11 is 0. The number of halogens is 1. The number of amides is 3. The van der Waals surface area contributed by atoms with Gasteiger partial charge in [-0.1, -0.05) is 38.1 Å². The fourth-order valence-electron chi connectivity index (χ4n) is 3.31. The zero-order valence-corrected chi connectivity index (χ0v) is 16.8. The summed E-state index contributed by atoms with van der Waals surface area (Å²) in [6.45, 7) is 5.26. The highest BCUT2D eigenvalue weighted by Gasteiger charge is 2.49. The molecule has 0 aromatic heterocycles. The topological polar surface area (TPSA) is 75.7 Å². The molecule has 0 unspecified atom stereocenters. The second kappa shape index (κ2) is 7.66. The van der Waals surface area contributed by atoms with Crippen LogP contribution in [0.2, 0.25) is 0 Å². The average molecular weight is 398 g/mol. The highest BCUT2D eigenvalue weighted by Crippen LogP contribution is 2.30. The van der Waals surface area contributed by atoms with Crippen molar-refractivity contribution in [2.24, 2.45) is 0 Å². The molecule has 1 atom stereocenters. The molecule has 0 spiro atoms. The number of benzene rings is 2. The highest BCUT2D eigenvalue weighted by molar-refractivity contribution is 6.11. The normalized spacial score (nSPS) is 18.9. The largest absolute Gasteiger partial charge is 0.494 e. The predicted octanol–water partition coefficient (Wildman–Crippen LogP) is 3.61. The van der Waals surface area contributed by atoms with Gasteiger partial charge >= 0.3 is 6.03 Å². The average Bonchev–Trinajstić information content (AvgIpc) is 2.91. The first-order valence-electron chi connectivity index (χ1n) is 9.28. The molecule has 6 nitrogen and oxygen atoms in total. The minimum Gasteiger partial charge on any atom is -0.494 e. The molecule has 1 aliphatic heterocycles. The van der Waals surface area contributed by atoms with E-state index in [9.17, 15) is 18.8 Å². The summed E-state index contributed by atoms with van der Waals surface area (Å²) in [5, 5.41) is 2.67. The van der Waals surface area contributed by atoms with E-state index in [2.05, 4.69) is 19.2 Å². The quantitative estimate of drug-likeness (QED) is 0.596. The lowest BCUT2D eigenvalue weighted by molar-refractivity contribution is -0.130. The number of carbonyl (C=O) groups excluding carboxylic acids is 3. The van der Waals surface area contributed by atoms with Crippen LogP contribution in [0.1, 0.15) is 48.2 Å². The Morgan fingerprint density at radius 2 is 1.83 bits per heavy atom. The number of methoxy groups -OCH3 is 1. The van der Waals surface area contributed by atoms with Crippen LogP contribution in [0, 0.1) is 5.82 Å². The van der Waals surface area contributed by atoms with Crippen molar-refractivity contribution in [3.63, 3.8) is 0 Å². The van der Waals surface area contributed by atoms with Gasteiger partial charge in [-0.25, -0.2) is 9.18 Å². The van der Waals surface area contributed by atoms with Gasteiger partial charge in [0.15, 0.2) is 17.3 Å². The van der Waals surface area contributed by atoms with Crippen LogP contribution in [0.3, 0.4) is 0 Å². The van der Waals surface area contributed by atoms with Gasteiger partial charge in [0.05, 0.1) is 13.7 Å². The van der Waals surface area contributed by atoms with E-state index in [1.807, 2.05) is 12.1 Å². The van der Waals surface area contributed by atoms with Crippen LogP contribution in [-0.4, -0.2) is 36.3 Å². The predicted molar refractivity (Wildman–Crippen MR) is 105 cm³/mol. The van der Waals surface area contributed by atoms with E-state index in [1.165, 1.54) is 19.2 Å². The van der Waals surface area contributed by atoms with Crippen molar-refractivity contribution in [1.82, 2.24) is 10.2 Å². The Kier molecular flexibility index (Phi) is 5.42. The molecular formula is C22H23FN2O4. The number of imide groups is 1. The molecule has 0 radical (unpaired) electrons. The van der Waals surface area contributed by atoms with Crippen LogP contribution < -0.4 is 10.1 Å². The van der Waals surface area contributed by atoms with Crippen LogP contribution in [0.15, 0.2) is 42.5 Å². The van der Waals surface area contributed by atoms with E-state index in [-0.39, 0.29) is 11.3 Å². The third kappa shape index (κ3) is 3.72. The van der Waals surface area contributed by atoms with Gasteiger partial charge in [-0.3, -0.25) is 14.5 Å². The zero-order chi connectivity index (χ0) is 21.3. The number of ketones is 1. The Morgan fingerprint density at radius 1 is 1.17 bits per heavy atom. The molecule has 29 heavy (non-hydrogen) atoms. The number of hydrogen-bond acceptors (Lipinski definition) is 4. The molecule has 1 heterocycles. The Bertz CT molecular complexity index is 971. The Morgan fingerprint density at radius 3 is 2.38 bits per heavy atom. The third-order valence-electron chi connectivity index (χ3n) is 5.21. The number of hydrogen-bond donors (Lipinski definition) is 1. The SMILES string of the molecule is COc1ccc(C(=O)CN2C(=O)N[C@](C)(c3ccc(C(C)C)cc3)C2=O)cc1F. The lowest BCUT2D eigenvalue weighted by atomic mass is 9.90. The van der Waals surface area contributed by atoms with Gasteiger partial charge in [0, 0.05) is 5.56 Å². The van der Waals surface area contributed by atoms with Crippen molar-refractivity contribution < 1.29 is 23.5 Å². The van der Waals surface area contributed by atoms with Gasteiger partial charge in [0.25, 0.3) is 5.91 Å². The summed E-state index contributed by atoms with van der Waals surface area (Å²) in [7, 11) is 1.32. The molecular weight excluding hydrogens is 375 g/mol. The summed E-state index contributed by atoms with van der Waals surface area (Å²) < 4.78 is 18.7.